The highest BCUT2D eigenvalue weighted by Crippen LogP contribution is 2.03. The molecule has 0 aliphatic rings. The predicted molar refractivity (Wildman–Crippen MR) is 37.4 cm³/mol. The lowest BCUT2D eigenvalue weighted by Crippen LogP contribution is -1.77. The maximum atomic E-state index is 6.83. The van der Waals surface area contributed by atoms with Gasteiger partial charge in [0.2, 0.25) is 0 Å². The fraction of sp³-hybridized carbons (Fsp3) is 0.111. The molecule has 0 aliphatic carbocycles. The largest absolute Gasteiger partial charge is 0.0619 e. The van der Waals surface area contributed by atoms with Gasteiger partial charge in [0.05, 0.1) is 0 Å². The molecule has 0 heteroatoms. The third-order valence-electron chi connectivity index (χ3n) is 1.28. The molecule has 0 atom stereocenters. The van der Waals surface area contributed by atoms with E-state index in [-0.39, 0.29) is 0 Å². The van der Waals surface area contributed by atoms with Crippen LogP contribution in [0.25, 0.3) is 0 Å². The summed E-state index contributed by atoms with van der Waals surface area (Å²) in [7, 11) is 0. The lowest BCUT2D eigenvalue weighted by atomic mass is 10.1. The second kappa shape index (κ2) is 2.37. The minimum absolute atomic E-state index is 0.873. The molecular weight excluding hydrogens is 108 g/mol. The summed E-state index contributed by atoms with van der Waals surface area (Å²) in [6.07, 6.45) is 6.83. The summed E-state index contributed by atoms with van der Waals surface area (Å²) in [5, 5.41) is 0. The Morgan fingerprint density at radius 2 is 2.00 bits per heavy atom. The van der Waals surface area contributed by atoms with E-state index in [1.165, 1.54) is 0 Å². The molecule has 9 heavy (non-hydrogen) atoms. The van der Waals surface area contributed by atoms with Crippen molar-refractivity contribution in [3.05, 3.63) is 41.8 Å². The van der Waals surface area contributed by atoms with Crippen LogP contribution in [0.15, 0.2) is 24.3 Å². The predicted octanol–water partition coefficient (Wildman–Crippen LogP) is 1.93. The maximum Gasteiger partial charge on any atom is 0.0284 e. The molecule has 43 valence electrons. The van der Waals surface area contributed by atoms with Crippen LogP contribution in [0.1, 0.15) is 11.1 Å². The first-order valence-corrected chi connectivity index (χ1v) is 2.83. The molecule has 0 amide bonds. The topological polar surface area (TPSA) is 0 Å². The Morgan fingerprint density at radius 1 is 1.33 bits per heavy atom. The quantitative estimate of drug-likeness (QED) is 0.453. The van der Waals surface area contributed by atoms with Crippen LogP contribution in [0.4, 0.5) is 0 Å². The van der Waals surface area contributed by atoms with Gasteiger partial charge in [-0.15, -0.1) is 0 Å². The van der Waals surface area contributed by atoms with E-state index in [4.69, 9.17) is 6.42 Å². The van der Waals surface area contributed by atoms with Crippen molar-refractivity contribution in [2.24, 2.45) is 0 Å². The molecule has 1 aromatic rings. The Morgan fingerprint density at radius 3 is 2.44 bits per heavy atom. The minimum Gasteiger partial charge on any atom is -0.0619 e. The normalized spacial score (nSPS) is 8.44. The van der Waals surface area contributed by atoms with Gasteiger partial charge in [-0.05, 0) is 25.0 Å². The lowest BCUT2D eigenvalue weighted by molar-refractivity contribution is 1.44. The molecule has 0 spiro atoms. The molecular formula is C9H7. The Balaban J connectivity index is 3.20. The Labute approximate surface area is 55.5 Å². The molecule has 1 aromatic carbocycles. The summed E-state index contributed by atoms with van der Waals surface area (Å²) in [6, 6.07) is 7.71. The first kappa shape index (κ1) is 5.91. The van der Waals surface area contributed by atoms with Crippen molar-refractivity contribution in [2.75, 3.05) is 0 Å². The smallest absolute Gasteiger partial charge is 0.0284 e. The van der Waals surface area contributed by atoms with Crippen LogP contribution in [-0.4, -0.2) is 0 Å². The van der Waals surface area contributed by atoms with Gasteiger partial charge in [0.25, 0.3) is 0 Å². The maximum absolute atomic E-state index is 6.83. The summed E-state index contributed by atoms with van der Waals surface area (Å²) >= 11 is 0. The summed E-state index contributed by atoms with van der Waals surface area (Å²) in [5.74, 6) is 2.35. The zero-order valence-electron chi connectivity index (χ0n) is 5.31. The van der Waals surface area contributed by atoms with Gasteiger partial charge >= 0.3 is 0 Å². The third kappa shape index (κ3) is 1.12. The summed E-state index contributed by atoms with van der Waals surface area (Å²) in [6.45, 7) is 1.97. The molecule has 0 fully saturated rings. The van der Waals surface area contributed by atoms with Gasteiger partial charge in [-0.3, -0.25) is 0 Å². The van der Waals surface area contributed by atoms with E-state index >= 15 is 0 Å². The molecule has 0 saturated carbocycles. The number of hydrogen-bond acceptors (Lipinski definition) is 0. The Kier molecular flexibility index (Phi) is 1.55. The second-order valence-corrected chi connectivity index (χ2v) is 1.94. The fourth-order valence-corrected chi connectivity index (χ4v) is 0.713. The van der Waals surface area contributed by atoms with Crippen LogP contribution in [0.5, 0.6) is 0 Å². The molecule has 0 aromatic heterocycles. The van der Waals surface area contributed by atoms with E-state index in [2.05, 4.69) is 5.92 Å². The zero-order chi connectivity index (χ0) is 6.69. The second-order valence-electron chi connectivity index (χ2n) is 1.94. The first-order chi connectivity index (χ1) is 4.34. The minimum atomic E-state index is 0.873. The Hall–Kier alpha value is -1.22. The van der Waals surface area contributed by atoms with Gasteiger partial charge in [-0.2, -0.15) is 0 Å². The van der Waals surface area contributed by atoms with E-state index in [0.29, 0.717) is 0 Å². The molecule has 0 heterocycles. The average molecular weight is 115 g/mol. The fourth-order valence-electron chi connectivity index (χ4n) is 0.713. The average Bonchev–Trinajstić information content (AvgIpc) is 1.89. The number of hydrogen-bond donors (Lipinski definition) is 0. The van der Waals surface area contributed by atoms with E-state index in [1.807, 2.05) is 31.2 Å². The summed E-state index contributed by atoms with van der Waals surface area (Å²) in [5.41, 5.74) is 1.98. The van der Waals surface area contributed by atoms with Crippen LogP contribution in [0.3, 0.4) is 0 Å². The molecule has 0 saturated heterocycles. The summed E-state index contributed by atoms with van der Waals surface area (Å²) in [4.78, 5) is 0. The van der Waals surface area contributed by atoms with E-state index < -0.39 is 0 Å². The molecule has 0 aliphatic heterocycles. The number of rotatable bonds is 0. The highest BCUT2D eigenvalue weighted by Gasteiger charge is 1.87. The van der Waals surface area contributed by atoms with Crippen LogP contribution >= 0.6 is 0 Å². The van der Waals surface area contributed by atoms with E-state index in [0.717, 1.165) is 11.1 Å². The first-order valence-electron chi connectivity index (χ1n) is 2.83. The van der Waals surface area contributed by atoms with Crippen molar-refractivity contribution >= 4 is 0 Å². The highest BCUT2D eigenvalue weighted by molar-refractivity contribution is 5.37. The molecule has 0 unspecified atom stereocenters. The third-order valence-corrected chi connectivity index (χ3v) is 1.28. The van der Waals surface area contributed by atoms with Crippen LogP contribution in [0, 0.1) is 19.3 Å². The van der Waals surface area contributed by atoms with Crippen molar-refractivity contribution in [2.45, 2.75) is 6.92 Å². The van der Waals surface area contributed by atoms with E-state index in [9.17, 15) is 0 Å². The molecule has 0 bridgehead atoms. The van der Waals surface area contributed by atoms with Gasteiger partial charge in [0.1, 0.15) is 0 Å². The van der Waals surface area contributed by atoms with Gasteiger partial charge < -0.3 is 0 Å². The number of aryl methyl sites for hydroxylation is 1. The van der Waals surface area contributed by atoms with Crippen molar-refractivity contribution in [3.63, 3.8) is 0 Å². The SMILES string of the molecule is [C]#Cc1ccccc1C. The number of benzene rings is 1. The standard InChI is InChI=1S/C9H7/c1-3-9-7-5-4-6-8(9)2/h4-7H,2H3. The Bertz CT molecular complexity index is 240. The monoisotopic (exact) mass is 115 g/mol. The van der Waals surface area contributed by atoms with Crippen LogP contribution < -0.4 is 0 Å². The van der Waals surface area contributed by atoms with Crippen LogP contribution in [0.2, 0.25) is 0 Å². The van der Waals surface area contributed by atoms with E-state index in [1.54, 1.807) is 0 Å². The van der Waals surface area contributed by atoms with Crippen LogP contribution in [-0.2, 0) is 0 Å². The molecule has 1 rings (SSSR count). The zero-order valence-corrected chi connectivity index (χ0v) is 5.31. The van der Waals surface area contributed by atoms with Gasteiger partial charge in [0, 0.05) is 5.56 Å². The van der Waals surface area contributed by atoms with Crippen molar-refractivity contribution in [3.8, 4) is 5.92 Å². The summed E-state index contributed by atoms with van der Waals surface area (Å²) < 4.78 is 0. The van der Waals surface area contributed by atoms with Crippen molar-refractivity contribution in [1.82, 2.24) is 0 Å². The highest BCUT2D eigenvalue weighted by atomic mass is 13.9. The van der Waals surface area contributed by atoms with Gasteiger partial charge in [0.15, 0.2) is 0 Å². The molecule has 0 N–H and O–H groups in total. The molecule has 0 nitrogen and oxygen atoms in total. The van der Waals surface area contributed by atoms with Crippen molar-refractivity contribution in [1.29, 1.82) is 0 Å². The lowest BCUT2D eigenvalue weighted by Gasteiger charge is -1.92. The van der Waals surface area contributed by atoms with Crippen molar-refractivity contribution < 1.29 is 0 Å². The van der Waals surface area contributed by atoms with Gasteiger partial charge in [-0.1, -0.05) is 24.1 Å². The molecule has 1 radical (unpaired) electrons. The van der Waals surface area contributed by atoms with Gasteiger partial charge in [-0.25, -0.2) is 0 Å².